The minimum atomic E-state index is -3.88. The monoisotopic (exact) mass is 398 g/mol. The zero-order valence-corrected chi connectivity index (χ0v) is 15.9. The van der Waals surface area contributed by atoms with E-state index in [0.29, 0.717) is 23.8 Å². The molecule has 0 spiro atoms. The summed E-state index contributed by atoms with van der Waals surface area (Å²) in [4.78, 5) is 11.9. The maximum Gasteiger partial charge on any atom is 0.241 e. The van der Waals surface area contributed by atoms with Crippen molar-refractivity contribution in [1.29, 1.82) is 0 Å². The number of hydrogen-bond donors (Lipinski definition) is 2. The standard InChI is InChI=1S/C17H19ClN2O5S/c1-3-25-13-6-4-12(5-7-13)20-17(21)11-19-26(22,23)14-8-9-16(24-2)15(18)10-14/h4-10,19H,3,11H2,1-2H3,(H,20,21). The van der Waals surface area contributed by atoms with Crippen LogP contribution in [0.15, 0.2) is 47.4 Å². The maximum absolute atomic E-state index is 12.3. The molecule has 2 rings (SSSR count). The van der Waals surface area contributed by atoms with Crippen molar-refractivity contribution in [2.24, 2.45) is 0 Å². The van der Waals surface area contributed by atoms with Gasteiger partial charge in [0.1, 0.15) is 11.5 Å². The van der Waals surface area contributed by atoms with E-state index in [0.717, 1.165) is 0 Å². The van der Waals surface area contributed by atoms with Crippen molar-refractivity contribution >= 4 is 33.2 Å². The molecule has 2 aromatic carbocycles. The van der Waals surface area contributed by atoms with Crippen molar-refractivity contribution in [3.8, 4) is 11.5 Å². The Morgan fingerprint density at radius 2 is 1.85 bits per heavy atom. The Morgan fingerprint density at radius 3 is 2.42 bits per heavy atom. The molecule has 0 fully saturated rings. The average Bonchev–Trinajstić information content (AvgIpc) is 2.62. The fraction of sp³-hybridized carbons (Fsp3) is 0.235. The van der Waals surface area contributed by atoms with Crippen LogP contribution in [0.3, 0.4) is 0 Å². The second-order valence-electron chi connectivity index (χ2n) is 5.13. The number of amides is 1. The van der Waals surface area contributed by atoms with Gasteiger partial charge in [-0.3, -0.25) is 4.79 Å². The zero-order chi connectivity index (χ0) is 19.2. The Labute approximate surface area is 157 Å². The van der Waals surface area contributed by atoms with Gasteiger partial charge in [0.15, 0.2) is 0 Å². The molecule has 0 aliphatic rings. The van der Waals surface area contributed by atoms with Crippen molar-refractivity contribution in [2.75, 3.05) is 25.6 Å². The van der Waals surface area contributed by atoms with Crippen LogP contribution in [-0.4, -0.2) is 34.6 Å². The highest BCUT2D eigenvalue weighted by atomic mass is 35.5. The van der Waals surface area contributed by atoms with E-state index in [-0.39, 0.29) is 9.92 Å². The molecule has 2 aromatic rings. The summed E-state index contributed by atoms with van der Waals surface area (Å²) in [7, 11) is -2.45. The molecule has 0 aliphatic heterocycles. The highest BCUT2D eigenvalue weighted by molar-refractivity contribution is 7.89. The predicted molar refractivity (Wildman–Crippen MR) is 99.4 cm³/mol. The zero-order valence-electron chi connectivity index (χ0n) is 14.3. The van der Waals surface area contributed by atoms with Crippen LogP contribution < -0.4 is 19.5 Å². The Morgan fingerprint density at radius 1 is 1.15 bits per heavy atom. The van der Waals surface area contributed by atoms with E-state index in [1.807, 2.05) is 6.92 Å². The highest BCUT2D eigenvalue weighted by Crippen LogP contribution is 2.26. The van der Waals surface area contributed by atoms with Crippen LogP contribution in [0.4, 0.5) is 5.69 Å². The molecule has 2 N–H and O–H groups in total. The highest BCUT2D eigenvalue weighted by Gasteiger charge is 2.17. The van der Waals surface area contributed by atoms with Crippen molar-refractivity contribution in [1.82, 2.24) is 4.72 Å². The lowest BCUT2D eigenvalue weighted by atomic mass is 10.3. The number of methoxy groups -OCH3 is 1. The third-order valence-electron chi connectivity index (χ3n) is 3.31. The summed E-state index contributed by atoms with van der Waals surface area (Å²) < 4.78 is 37.0. The van der Waals surface area contributed by atoms with Crippen LogP contribution in [0.2, 0.25) is 5.02 Å². The van der Waals surface area contributed by atoms with Gasteiger partial charge < -0.3 is 14.8 Å². The minimum Gasteiger partial charge on any atom is -0.495 e. The Bertz CT molecular complexity index is 869. The number of ether oxygens (including phenoxy) is 2. The topological polar surface area (TPSA) is 93.7 Å². The SMILES string of the molecule is CCOc1ccc(NC(=O)CNS(=O)(=O)c2ccc(OC)c(Cl)c2)cc1. The Hall–Kier alpha value is -2.29. The molecule has 0 heterocycles. The molecule has 0 unspecified atom stereocenters. The molecular formula is C17H19ClN2O5S. The summed E-state index contributed by atoms with van der Waals surface area (Å²) in [6.07, 6.45) is 0. The van der Waals surface area contributed by atoms with Gasteiger partial charge in [-0.1, -0.05) is 11.6 Å². The molecule has 0 saturated heterocycles. The van der Waals surface area contributed by atoms with E-state index in [2.05, 4.69) is 10.0 Å². The van der Waals surface area contributed by atoms with Crippen molar-refractivity contribution in [3.05, 3.63) is 47.5 Å². The Kier molecular flexibility index (Phi) is 6.84. The predicted octanol–water partition coefficient (Wildman–Crippen LogP) is 2.66. The van der Waals surface area contributed by atoms with Gasteiger partial charge in [-0.25, -0.2) is 13.1 Å². The molecule has 140 valence electrons. The summed E-state index contributed by atoms with van der Waals surface area (Å²) >= 11 is 5.93. The van der Waals surface area contributed by atoms with Crippen LogP contribution >= 0.6 is 11.6 Å². The first-order valence-electron chi connectivity index (χ1n) is 7.71. The van der Waals surface area contributed by atoms with E-state index in [4.69, 9.17) is 21.1 Å². The number of hydrogen-bond acceptors (Lipinski definition) is 5. The number of nitrogens with one attached hydrogen (secondary N) is 2. The molecule has 26 heavy (non-hydrogen) atoms. The van der Waals surface area contributed by atoms with Crippen LogP contribution in [0.25, 0.3) is 0 Å². The van der Waals surface area contributed by atoms with Gasteiger partial charge in [0.05, 0.1) is 30.2 Å². The second kappa shape index (κ2) is 8.88. The molecule has 9 heteroatoms. The molecular weight excluding hydrogens is 380 g/mol. The van der Waals surface area contributed by atoms with E-state index in [1.165, 1.54) is 25.3 Å². The van der Waals surface area contributed by atoms with Crippen molar-refractivity contribution < 1.29 is 22.7 Å². The maximum atomic E-state index is 12.3. The molecule has 0 radical (unpaired) electrons. The first-order valence-corrected chi connectivity index (χ1v) is 9.57. The molecule has 0 saturated carbocycles. The number of halogens is 1. The average molecular weight is 399 g/mol. The second-order valence-corrected chi connectivity index (χ2v) is 7.30. The largest absolute Gasteiger partial charge is 0.495 e. The number of benzene rings is 2. The third-order valence-corrected chi connectivity index (χ3v) is 5.00. The lowest BCUT2D eigenvalue weighted by molar-refractivity contribution is -0.115. The smallest absolute Gasteiger partial charge is 0.241 e. The van der Waals surface area contributed by atoms with Crippen LogP contribution in [0.5, 0.6) is 11.5 Å². The lowest BCUT2D eigenvalue weighted by Gasteiger charge is -2.10. The summed E-state index contributed by atoms with van der Waals surface area (Å²) in [5.41, 5.74) is 0.533. The number of anilines is 1. The van der Waals surface area contributed by atoms with Gasteiger partial charge in [0, 0.05) is 5.69 Å². The van der Waals surface area contributed by atoms with Crippen LogP contribution in [0.1, 0.15) is 6.92 Å². The van der Waals surface area contributed by atoms with Crippen LogP contribution in [0, 0.1) is 0 Å². The summed E-state index contributed by atoms with van der Waals surface area (Å²) in [6, 6.07) is 10.8. The number of carbonyl (C=O) groups is 1. The van der Waals surface area contributed by atoms with Gasteiger partial charge in [-0.2, -0.15) is 0 Å². The number of carbonyl (C=O) groups excluding carboxylic acids is 1. The molecule has 0 bridgehead atoms. The summed E-state index contributed by atoms with van der Waals surface area (Å²) in [5, 5.41) is 2.76. The lowest BCUT2D eigenvalue weighted by Crippen LogP contribution is -2.32. The first kappa shape index (κ1) is 20.0. The third kappa shape index (κ3) is 5.35. The van der Waals surface area contributed by atoms with Crippen molar-refractivity contribution in [2.45, 2.75) is 11.8 Å². The van der Waals surface area contributed by atoms with E-state index in [1.54, 1.807) is 24.3 Å². The number of rotatable bonds is 8. The molecule has 0 atom stereocenters. The quantitative estimate of drug-likeness (QED) is 0.713. The fourth-order valence-corrected chi connectivity index (χ4v) is 3.39. The summed E-state index contributed by atoms with van der Waals surface area (Å²) in [6.45, 7) is 2.00. The van der Waals surface area contributed by atoms with Gasteiger partial charge in [-0.05, 0) is 49.4 Å². The molecule has 0 aromatic heterocycles. The normalized spacial score (nSPS) is 11.0. The number of sulfonamides is 1. The van der Waals surface area contributed by atoms with Crippen LogP contribution in [-0.2, 0) is 14.8 Å². The van der Waals surface area contributed by atoms with Crippen molar-refractivity contribution in [3.63, 3.8) is 0 Å². The van der Waals surface area contributed by atoms with Gasteiger partial charge in [0.2, 0.25) is 15.9 Å². The van der Waals surface area contributed by atoms with Gasteiger partial charge in [-0.15, -0.1) is 0 Å². The van der Waals surface area contributed by atoms with Gasteiger partial charge in [0.25, 0.3) is 0 Å². The minimum absolute atomic E-state index is 0.0582. The molecule has 7 nitrogen and oxygen atoms in total. The van der Waals surface area contributed by atoms with E-state index >= 15 is 0 Å². The first-order chi connectivity index (χ1) is 12.4. The molecule has 0 aliphatic carbocycles. The summed E-state index contributed by atoms with van der Waals surface area (Å²) in [5.74, 6) is 0.541. The molecule has 1 amide bonds. The van der Waals surface area contributed by atoms with Gasteiger partial charge >= 0.3 is 0 Å². The fourth-order valence-electron chi connectivity index (χ4n) is 2.06. The Balaban J connectivity index is 1.96. The van der Waals surface area contributed by atoms with E-state index in [9.17, 15) is 13.2 Å². The van der Waals surface area contributed by atoms with E-state index < -0.39 is 22.5 Å².